The van der Waals surface area contributed by atoms with Crippen LogP contribution in [0.15, 0.2) is 77.0 Å². The van der Waals surface area contributed by atoms with Crippen LogP contribution in [0.5, 0.6) is 0 Å². The highest BCUT2D eigenvalue weighted by atomic mass is 32.2. The van der Waals surface area contributed by atoms with Crippen molar-refractivity contribution in [3.05, 3.63) is 83.4 Å². The average molecular weight is 454 g/mol. The Morgan fingerprint density at radius 3 is 2.52 bits per heavy atom. The number of thiazole rings is 1. The number of carbonyl (C=O) groups excluding carboxylic acids is 2. The number of rotatable bonds is 8. The molecular weight excluding hydrogens is 434 g/mol. The third-order valence-corrected chi connectivity index (χ3v) is 6.05. The molecule has 0 saturated carbocycles. The summed E-state index contributed by atoms with van der Waals surface area (Å²) in [5.74, 6) is -1.96. The Morgan fingerprint density at radius 1 is 1.06 bits per heavy atom. The lowest BCUT2D eigenvalue weighted by Gasteiger charge is -2.16. The fourth-order valence-electron chi connectivity index (χ4n) is 2.60. The lowest BCUT2D eigenvalue weighted by Crippen LogP contribution is -2.19. The topological polar surface area (TPSA) is 108 Å². The van der Waals surface area contributed by atoms with Crippen LogP contribution in [-0.2, 0) is 14.4 Å². The number of aromatic nitrogens is 1. The zero-order valence-electron chi connectivity index (χ0n) is 16.4. The van der Waals surface area contributed by atoms with Crippen molar-refractivity contribution in [3.8, 4) is 0 Å². The Balaban J connectivity index is 1.79. The average Bonchev–Trinajstić information content (AvgIpc) is 3.16. The number of thioether (sulfide) groups is 1. The van der Waals surface area contributed by atoms with Gasteiger partial charge in [0, 0.05) is 28.1 Å². The van der Waals surface area contributed by atoms with Crippen LogP contribution in [0.1, 0.15) is 16.5 Å². The summed E-state index contributed by atoms with van der Waals surface area (Å²) in [5, 5.41) is 16.0. The molecule has 2 amide bonds. The van der Waals surface area contributed by atoms with Gasteiger partial charge >= 0.3 is 5.97 Å². The number of aryl methyl sites for hydroxylation is 1. The van der Waals surface area contributed by atoms with Crippen LogP contribution in [0.4, 0.5) is 10.8 Å². The van der Waals surface area contributed by atoms with Crippen molar-refractivity contribution in [3.63, 3.8) is 0 Å². The zero-order chi connectivity index (χ0) is 22.2. The Bertz CT molecular complexity index is 1110. The van der Waals surface area contributed by atoms with Crippen molar-refractivity contribution < 1.29 is 19.5 Å². The van der Waals surface area contributed by atoms with E-state index in [1.54, 1.807) is 18.2 Å². The highest BCUT2D eigenvalue weighted by Crippen LogP contribution is 2.37. The largest absolute Gasteiger partial charge is 0.478 e. The smallest absolute Gasteiger partial charge is 0.328 e. The number of hydrogen-bond acceptors (Lipinski definition) is 6. The summed E-state index contributed by atoms with van der Waals surface area (Å²) in [5.41, 5.74) is 2.16. The van der Waals surface area contributed by atoms with E-state index in [1.807, 2.05) is 48.7 Å². The van der Waals surface area contributed by atoms with Crippen LogP contribution in [0.3, 0.4) is 0 Å². The molecule has 7 nitrogen and oxygen atoms in total. The molecule has 158 valence electrons. The molecule has 1 atom stereocenters. The summed E-state index contributed by atoms with van der Waals surface area (Å²) >= 11 is 2.70. The Kier molecular flexibility index (Phi) is 7.58. The molecule has 0 bridgehead atoms. The molecule has 31 heavy (non-hydrogen) atoms. The summed E-state index contributed by atoms with van der Waals surface area (Å²) < 4.78 is 0. The van der Waals surface area contributed by atoms with Crippen molar-refractivity contribution in [2.45, 2.75) is 17.1 Å². The molecule has 0 spiro atoms. The van der Waals surface area contributed by atoms with Crippen LogP contribution >= 0.6 is 23.1 Å². The first kappa shape index (κ1) is 22.3. The lowest BCUT2D eigenvalue weighted by molar-refractivity contribution is -0.131. The quantitative estimate of drug-likeness (QED) is 0.342. The first-order valence-corrected chi connectivity index (χ1v) is 10.9. The number of carboxylic acids is 1. The number of nitrogens with one attached hydrogen (secondary N) is 2. The maximum absolute atomic E-state index is 13.0. The van der Waals surface area contributed by atoms with Crippen LogP contribution < -0.4 is 10.6 Å². The molecule has 0 saturated heterocycles. The predicted molar refractivity (Wildman–Crippen MR) is 122 cm³/mol. The van der Waals surface area contributed by atoms with Crippen molar-refractivity contribution in [2.75, 3.05) is 10.6 Å². The Hall–Kier alpha value is -3.43. The van der Waals surface area contributed by atoms with E-state index >= 15 is 0 Å². The van der Waals surface area contributed by atoms with Gasteiger partial charge in [0.2, 0.25) is 11.8 Å². The third-order valence-electron chi connectivity index (χ3n) is 3.92. The van der Waals surface area contributed by atoms with Gasteiger partial charge in [0.05, 0.1) is 5.69 Å². The summed E-state index contributed by atoms with van der Waals surface area (Å²) in [6, 6.07) is 16.4. The second-order valence-corrected chi connectivity index (χ2v) is 8.42. The molecule has 0 radical (unpaired) electrons. The second-order valence-electron chi connectivity index (χ2n) is 6.38. The van der Waals surface area contributed by atoms with E-state index in [-0.39, 0.29) is 5.91 Å². The van der Waals surface area contributed by atoms with Crippen molar-refractivity contribution in [2.24, 2.45) is 0 Å². The van der Waals surface area contributed by atoms with Gasteiger partial charge in [-0.15, -0.1) is 23.1 Å². The predicted octanol–water partition coefficient (Wildman–Crippen LogP) is 4.50. The lowest BCUT2D eigenvalue weighted by atomic mass is 10.1. The van der Waals surface area contributed by atoms with Gasteiger partial charge in [0.15, 0.2) is 5.13 Å². The van der Waals surface area contributed by atoms with E-state index in [1.165, 1.54) is 23.1 Å². The van der Waals surface area contributed by atoms with E-state index in [2.05, 4.69) is 15.6 Å². The van der Waals surface area contributed by atoms with Crippen LogP contribution in [-0.4, -0.2) is 27.9 Å². The fraction of sp³-hybridized carbons (Fsp3) is 0.0909. The van der Waals surface area contributed by atoms with Crippen molar-refractivity contribution in [1.82, 2.24) is 4.98 Å². The van der Waals surface area contributed by atoms with Gasteiger partial charge < -0.3 is 15.7 Å². The van der Waals surface area contributed by atoms with Gasteiger partial charge in [-0.25, -0.2) is 9.78 Å². The minimum atomic E-state index is -1.20. The van der Waals surface area contributed by atoms with E-state index in [9.17, 15) is 14.4 Å². The van der Waals surface area contributed by atoms with E-state index < -0.39 is 17.1 Å². The highest BCUT2D eigenvalue weighted by Gasteiger charge is 2.23. The Labute approximate surface area is 187 Å². The van der Waals surface area contributed by atoms with Crippen molar-refractivity contribution in [1.29, 1.82) is 0 Å². The van der Waals surface area contributed by atoms with E-state index in [4.69, 9.17) is 5.11 Å². The molecule has 3 rings (SSSR count). The highest BCUT2D eigenvalue weighted by molar-refractivity contribution is 8.00. The summed E-state index contributed by atoms with van der Waals surface area (Å²) in [6.07, 6.45) is 1.71. The van der Waals surface area contributed by atoms with E-state index in [0.29, 0.717) is 10.8 Å². The molecule has 3 N–H and O–H groups in total. The van der Waals surface area contributed by atoms with E-state index in [0.717, 1.165) is 28.3 Å². The number of anilines is 2. The number of carbonyl (C=O) groups is 3. The molecule has 0 fully saturated rings. The van der Waals surface area contributed by atoms with Gasteiger partial charge in [-0.2, -0.15) is 0 Å². The first-order chi connectivity index (χ1) is 14.9. The van der Waals surface area contributed by atoms with Crippen molar-refractivity contribution >= 4 is 51.7 Å². The zero-order valence-corrected chi connectivity index (χ0v) is 18.1. The third kappa shape index (κ3) is 6.80. The maximum Gasteiger partial charge on any atom is 0.328 e. The minimum Gasteiger partial charge on any atom is -0.478 e. The standard InChI is InChI=1S/C22H19N3O4S2/c1-14-13-30-22(23-14)25-21(29)20(15-6-3-2-4-7-15)31-17-9-5-8-16(12-17)24-18(26)10-11-19(27)28/h2-13,20H,1H3,(H,24,26)(H,27,28)(H,23,25,29)/b11-10+. The monoisotopic (exact) mass is 453 g/mol. The molecule has 0 aliphatic carbocycles. The van der Waals surface area contributed by atoms with Gasteiger partial charge in [0.1, 0.15) is 5.25 Å². The summed E-state index contributed by atoms with van der Waals surface area (Å²) in [6.45, 7) is 1.86. The Morgan fingerprint density at radius 2 is 1.84 bits per heavy atom. The molecule has 0 aliphatic rings. The SMILES string of the molecule is Cc1csc(NC(=O)C(Sc2cccc(NC(=O)/C=C/C(=O)O)c2)c2ccccc2)n1. The van der Waals surface area contributed by atoms with Gasteiger partial charge in [-0.05, 0) is 30.7 Å². The summed E-state index contributed by atoms with van der Waals surface area (Å²) in [7, 11) is 0. The summed E-state index contributed by atoms with van der Waals surface area (Å²) in [4.78, 5) is 40.5. The second kappa shape index (κ2) is 10.6. The first-order valence-electron chi connectivity index (χ1n) is 9.17. The molecule has 1 heterocycles. The number of hydrogen-bond donors (Lipinski definition) is 3. The molecule has 2 aromatic carbocycles. The molecular formula is C22H19N3O4S2. The number of nitrogens with zero attached hydrogens (tertiary/aromatic N) is 1. The van der Waals surface area contributed by atoms with Gasteiger partial charge in [-0.1, -0.05) is 36.4 Å². The minimum absolute atomic E-state index is 0.204. The fourth-order valence-corrected chi connectivity index (χ4v) is 4.37. The number of amides is 2. The van der Waals surface area contributed by atoms with Gasteiger partial charge in [0.25, 0.3) is 0 Å². The van der Waals surface area contributed by atoms with Crippen LogP contribution in [0, 0.1) is 6.92 Å². The van der Waals surface area contributed by atoms with Gasteiger partial charge in [-0.3, -0.25) is 9.59 Å². The maximum atomic E-state index is 13.0. The molecule has 1 unspecified atom stereocenters. The molecule has 0 aliphatic heterocycles. The normalized spacial score (nSPS) is 11.8. The molecule has 9 heteroatoms. The number of carboxylic acid groups (broad SMARTS) is 1. The number of aliphatic carboxylic acids is 1. The van der Waals surface area contributed by atoms with Crippen LogP contribution in [0.25, 0.3) is 0 Å². The molecule has 3 aromatic rings. The molecule has 1 aromatic heterocycles. The van der Waals surface area contributed by atoms with Crippen LogP contribution in [0.2, 0.25) is 0 Å². The number of benzene rings is 2.